The van der Waals surface area contributed by atoms with E-state index >= 15 is 0 Å². The fourth-order valence-electron chi connectivity index (χ4n) is 3.47. The lowest BCUT2D eigenvalue weighted by Crippen LogP contribution is -2.45. The minimum absolute atomic E-state index is 0.163. The number of imide groups is 1. The van der Waals surface area contributed by atoms with Crippen LogP contribution in [-0.4, -0.2) is 48.4 Å². The second-order valence-corrected chi connectivity index (χ2v) is 6.77. The molecule has 2 saturated heterocycles. The van der Waals surface area contributed by atoms with Crippen molar-refractivity contribution in [2.24, 2.45) is 5.92 Å². The van der Waals surface area contributed by atoms with E-state index in [0.29, 0.717) is 23.8 Å². The van der Waals surface area contributed by atoms with Gasteiger partial charge in [0.25, 0.3) is 5.91 Å². The summed E-state index contributed by atoms with van der Waals surface area (Å²) in [5, 5.41) is 0. The van der Waals surface area contributed by atoms with Gasteiger partial charge < -0.3 is 4.74 Å². The van der Waals surface area contributed by atoms with Crippen molar-refractivity contribution in [2.75, 3.05) is 24.6 Å². The van der Waals surface area contributed by atoms with Crippen molar-refractivity contribution >= 4 is 23.5 Å². The fourth-order valence-corrected chi connectivity index (χ4v) is 3.47. The average Bonchev–Trinajstić information content (AvgIpc) is 2.90. The van der Waals surface area contributed by atoms with Gasteiger partial charge in [-0.25, -0.2) is 9.69 Å². The van der Waals surface area contributed by atoms with Crippen LogP contribution in [0.1, 0.15) is 43.5 Å². The van der Waals surface area contributed by atoms with Gasteiger partial charge in [0.05, 0.1) is 30.3 Å². The topological polar surface area (TPSA) is 66.9 Å². The van der Waals surface area contributed by atoms with Gasteiger partial charge in [-0.05, 0) is 63.0 Å². The Bertz CT molecular complexity index is 663. The minimum Gasteiger partial charge on any atom is -0.462 e. The molecule has 25 heavy (non-hydrogen) atoms. The van der Waals surface area contributed by atoms with Crippen LogP contribution in [0.5, 0.6) is 0 Å². The molecule has 0 aromatic heterocycles. The smallest absolute Gasteiger partial charge is 0.338 e. The first-order valence-corrected chi connectivity index (χ1v) is 8.89. The summed E-state index contributed by atoms with van der Waals surface area (Å²) in [7, 11) is 0. The Morgan fingerprint density at radius 1 is 1.16 bits per heavy atom. The molecule has 0 aliphatic carbocycles. The minimum atomic E-state index is -0.409. The number of piperidine rings is 1. The van der Waals surface area contributed by atoms with Crippen molar-refractivity contribution in [3.8, 4) is 0 Å². The molecular formula is C19H24N2O4. The van der Waals surface area contributed by atoms with Crippen LogP contribution in [0.2, 0.25) is 0 Å². The van der Waals surface area contributed by atoms with Gasteiger partial charge in [-0.2, -0.15) is 0 Å². The maximum atomic E-state index is 12.8. The number of benzene rings is 1. The molecule has 0 spiro atoms. The van der Waals surface area contributed by atoms with E-state index in [1.807, 2.05) is 0 Å². The Kier molecular flexibility index (Phi) is 5.18. The first-order valence-electron chi connectivity index (χ1n) is 8.89. The normalized spacial score (nSPS) is 22.5. The summed E-state index contributed by atoms with van der Waals surface area (Å²) in [6.07, 6.45) is 2.35. The van der Waals surface area contributed by atoms with E-state index in [-0.39, 0.29) is 24.3 Å². The molecule has 3 rings (SSSR count). The van der Waals surface area contributed by atoms with Crippen LogP contribution in [0.25, 0.3) is 0 Å². The van der Waals surface area contributed by atoms with E-state index in [2.05, 4.69) is 11.8 Å². The van der Waals surface area contributed by atoms with Gasteiger partial charge in [0.1, 0.15) is 0 Å². The summed E-state index contributed by atoms with van der Waals surface area (Å²) in [5.74, 6) is -0.0793. The van der Waals surface area contributed by atoms with Gasteiger partial charge in [0.2, 0.25) is 5.91 Å². The van der Waals surface area contributed by atoms with Crippen molar-refractivity contribution in [2.45, 2.75) is 39.2 Å². The number of nitrogens with zero attached hydrogens (tertiary/aromatic N) is 2. The Morgan fingerprint density at radius 3 is 2.40 bits per heavy atom. The second-order valence-electron chi connectivity index (χ2n) is 6.77. The van der Waals surface area contributed by atoms with E-state index in [9.17, 15) is 14.4 Å². The van der Waals surface area contributed by atoms with Crippen molar-refractivity contribution in [3.05, 3.63) is 29.8 Å². The number of likely N-dealkylation sites (tertiary alicyclic amines) is 1. The van der Waals surface area contributed by atoms with Crippen molar-refractivity contribution < 1.29 is 19.1 Å². The molecule has 0 bridgehead atoms. The van der Waals surface area contributed by atoms with Crippen LogP contribution < -0.4 is 4.90 Å². The molecular weight excluding hydrogens is 320 g/mol. The van der Waals surface area contributed by atoms with Gasteiger partial charge in [0.15, 0.2) is 0 Å². The van der Waals surface area contributed by atoms with E-state index in [0.717, 1.165) is 25.9 Å². The molecule has 2 heterocycles. The number of hydrogen-bond acceptors (Lipinski definition) is 5. The van der Waals surface area contributed by atoms with Crippen LogP contribution in [0.15, 0.2) is 24.3 Å². The van der Waals surface area contributed by atoms with Crippen LogP contribution in [0.3, 0.4) is 0 Å². The molecule has 2 aliphatic heterocycles. The lowest BCUT2D eigenvalue weighted by Gasteiger charge is -2.33. The SMILES string of the molecule is CCOC(=O)c1ccc(N2C(=O)C[C@@H](N3CCC(C)CC3)C2=O)cc1. The second kappa shape index (κ2) is 7.35. The van der Waals surface area contributed by atoms with Gasteiger partial charge in [0, 0.05) is 0 Å². The zero-order valence-electron chi connectivity index (χ0n) is 14.7. The molecule has 1 atom stereocenters. The first kappa shape index (κ1) is 17.6. The number of rotatable bonds is 4. The predicted octanol–water partition coefficient (Wildman–Crippen LogP) is 2.23. The first-order chi connectivity index (χ1) is 12.0. The molecule has 0 N–H and O–H groups in total. The largest absolute Gasteiger partial charge is 0.462 e. The summed E-state index contributed by atoms with van der Waals surface area (Å²) >= 11 is 0. The van der Waals surface area contributed by atoms with Gasteiger partial charge in [-0.1, -0.05) is 6.92 Å². The van der Waals surface area contributed by atoms with E-state index < -0.39 is 5.97 Å². The Labute approximate surface area is 147 Å². The predicted molar refractivity (Wildman–Crippen MR) is 93.3 cm³/mol. The van der Waals surface area contributed by atoms with E-state index in [1.54, 1.807) is 31.2 Å². The van der Waals surface area contributed by atoms with Gasteiger partial charge >= 0.3 is 5.97 Å². The Morgan fingerprint density at radius 2 is 1.80 bits per heavy atom. The van der Waals surface area contributed by atoms with E-state index in [1.165, 1.54) is 4.90 Å². The Balaban J connectivity index is 1.73. The third-order valence-corrected chi connectivity index (χ3v) is 5.02. The number of hydrogen-bond donors (Lipinski definition) is 0. The molecule has 1 aromatic rings. The van der Waals surface area contributed by atoms with Crippen LogP contribution >= 0.6 is 0 Å². The molecule has 0 radical (unpaired) electrons. The number of anilines is 1. The maximum Gasteiger partial charge on any atom is 0.338 e. The van der Waals surface area contributed by atoms with Crippen LogP contribution in [0.4, 0.5) is 5.69 Å². The summed E-state index contributed by atoms with van der Waals surface area (Å²) in [5.41, 5.74) is 0.919. The summed E-state index contributed by atoms with van der Waals surface area (Å²) in [6.45, 7) is 5.99. The number of carbonyl (C=O) groups excluding carboxylic acids is 3. The summed E-state index contributed by atoms with van der Waals surface area (Å²) in [4.78, 5) is 40.3. The lowest BCUT2D eigenvalue weighted by molar-refractivity contribution is -0.123. The van der Waals surface area contributed by atoms with E-state index in [4.69, 9.17) is 4.74 Å². The highest BCUT2D eigenvalue weighted by Crippen LogP contribution is 2.28. The summed E-state index contributed by atoms with van der Waals surface area (Å²) < 4.78 is 4.95. The molecule has 0 unspecified atom stereocenters. The highest BCUT2D eigenvalue weighted by atomic mass is 16.5. The Hall–Kier alpha value is -2.21. The zero-order chi connectivity index (χ0) is 18.0. The molecule has 6 nitrogen and oxygen atoms in total. The maximum absolute atomic E-state index is 12.8. The molecule has 2 amide bonds. The molecule has 0 saturated carbocycles. The molecule has 134 valence electrons. The average molecular weight is 344 g/mol. The highest BCUT2D eigenvalue weighted by Gasteiger charge is 2.43. The third kappa shape index (κ3) is 3.58. The van der Waals surface area contributed by atoms with Crippen LogP contribution in [-0.2, 0) is 14.3 Å². The number of esters is 1. The molecule has 2 aliphatic rings. The van der Waals surface area contributed by atoms with Crippen molar-refractivity contribution in [3.63, 3.8) is 0 Å². The zero-order valence-corrected chi connectivity index (χ0v) is 14.7. The number of ether oxygens (including phenoxy) is 1. The molecule has 1 aromatic carbocycles. The van der Waals surface area contributed by atoms with Crippen LogP contribution in [0, 0.1) is 5.92 Å². The van der Waals surface area contributed by atoms with Gasteiger partial charge in [-0.15, -0.1) is 0 Å². The summed E-state index contributed by atoms with van der Waals surface area (Å²) in [6, 6.07) is 6.07. The monoisotopic (exact) mass is 344 g/mol. The van der Waals surface area contributed by atoms with Crippen molar-refractivity contribution in [1.82, 2.24) is 4.90 Å². The molecule has 6 heteroatoms. The molecule has 2 fully saturated rings. The standard InChI is InChI=1S/C19H24N2O4/c1-3-25-19(24)14-4-6-15(7-5-14)21-17(22)12-16(18(21)23)20-10-8-13(2)9-11-20/h4-7,13,16H,3,8-12H2,1-2H3/t16-/m1/s1. The highest BCUT2D eigenvalue weighted by molar-refractivity contribution is 6.22. The number of amides is 2. The number of carbonyl (C=O) groups is 3. The quantitative estimate of drug-likeness (QED) is 0.619. The van der Waals surface area contributed by atoms with Crippen molar-refractivity contribution in [1.29, 1.82) is 0 Å². The third-order valence-electron chi connectivity index (χ3n) is 5.02. The lowest BCUT2D eigenvalue weighted by atomic mass is 9.97. The fraction of sp³-hybridized carbons (Fsp3) is 0.526. The van der Waals surface area contributed by atoms with Gasteiger partial charge in [-0.3, -0.25) is 14.5 Å².